The van der Waals surface area contributed by atoms with Gasteiger partial charge in [-0.3, -0.25) is 14.5 Å². The molecule has 33 heavy (non-hydrogen) atoms. The molecular formula is C28H25FN2O2. The van der Waals surface area contributed by atoms with Gasteiger partial charge in [-0.05, 0) is 72.7 Å². The van der Waals surface area contributed by atoms with Crippen LogP contribution in [0.3, 0.4) is 0 Å². The van der Waals surface area contributed by atoms with Crippen LogP contribution in [0.2, 0.25) is 0 Å². The molecule has 0 spiro atoms. The molecule has 3 aromatic carbocycles. The summed E-state index contributed by atoms with van der Waals surface area (Å²) in [4.78, 5) is 30.6. The van der Waals surface area contributed by atoms with E-state index in [9.17, 15) is 14.0 Å². The number of imide groups is 1. The van der Waals surface area contributed by atoms with E-state index in [1.54, 1.807) is 12.1 Å². The van der Waals surface area contributed by atoms with Crippen molar-refractivity contribution in [2.45, 2.75) is 26.7 Å². The van der Waals surface area contributed by atoms with Gasteiger partial charge in [0, 0.05) is 18.8 Å². The first-order valence-electron chi connectivity index (χ1n) is 11.2. The average Bonchev–Trinajstić information content (AvgIpc) is 3.34. The highest BCUT2D eigenvalue weighted by molar-refractivity contribution is 6.36. The number of carbonyl (C=O) groups is 2. The lowest BCUT2D eigenvalue weighted by molar-refractivity contribution is -0.136. The van der Waals surface area contributed by atoms with Crippen molar-refractivity contribution in [3.8, 4) is 0 Å². The van der Waals surface area contributed by atoms with Gasteiger partial charge in [-0.25, -0.2) is 4.39 Å². The second-order valence-corrected chi connectivity index (χ2v) is 8.69. The SMILES string of the molecule is Cc1ccc(C2=C(N3CCc4ccccc43)C(=O)N(CCc3ccc(F)cc3)C2=O)cc1C. The van der Waals surface area contributed by atoms with E-state index in [4.69, 9.17) is 0 Å². The molecule has 0 saturated carbocycles. The van der Waals surface area contributed by atoms with Crippen LogP contribution in [-0.2, 0) is 22.4 Å². The minimum Gasteiger partial charge on any atom is -0.336 e. The number of nitrogens with zero attached hydrogens (tertiary/aromatic N) is 2. The molecule has 0 aromatic heterocycles. The molecular weight excluding hydrogens is 415 g/mol. The molecule has 0 N–H and O–H groups in total. The maximum atomic E-state index is 13.7. The van der Waals surface area contributed by atoms with Crippen LogP contribution in [0.1, 0.15) is 27.8 Å². The summed E-state index contributed by atoms with van der Waals surface area (Å²) in [6, 6.07) is 20.1. The molecule has 0 unspecified atom stereocenters. The third kappa shape index (κ3) is 3.74. The van der Waals surface area contributed by atoms with Gasteiger partial charge in [0.2, 0.25) is 0 Å². The lowest BCUT2D eigenvalue weighted by Crippen LogP contribution is -2.36. The summed E-state index contributed by atoms with van der Waals surface area (Å²) in [7, 11) is 0. The average molecular weight is 441 g/mol. The normalized spacial score (nSPS) is 15.6. The second-order valence-electron chi connectivity index (χ2n) is 8.69. The molecule has 0 aliphatic carbocycles. The summed E-state index contributed by atoms with van der Waals surface area (Å²) >= 11 is 0. The molecule has 3 aromatic rings. The molecule has 5 heteroatoms. The first kappa shape index (κ1) is 21.1. The predicted molar refractivity (Wildman–Crippen MR) is 127 cm³/mol. The van der Waals surface area contributed by atoms with E-state index in [2.05, 4.69) is 6.07 Å². The van der Waals surface area contributed by atoms with Crippen molar-refractivity contribution in [2.24, 2.45) is 0 Å². The summed E-state index contributed by atoms with van der Waals surface area (Å²) in [6.45, 7) is 4.95. The Balaban J connectivity index is 1.54. The van der Waals surface area contributed by atoms with Crippen LogP contribution < -0.4 is 4.90 Å². The number of para-hydroxylation sites is 1. The van der Waals surface area contributed by atoms with Crippen molar-refractivity contribution in [3.05, 3.63) is 106 Å². The Hall–Kier alpha value is -3.73. The number of aryl methyl sites for hydroxylation is 2. The zero-order valence-electron chi connectivity index (χ0n) is 18.8. The minimum absolute atomic E-state index is 0.247. The number of carbonyl (C=O) groups excluding carboxylic acids is 2. The molecule has 2 amide bonds. The number of anilines is 1. The molecule has 0 radical (unpaired) electrons. The first-order valence-corrected chi connectivity index (χ1v) is 11.2. The minimum atomic E-state index is -0.305. The zero-order chi connectivity index (χ0) is 23.1. The van der Waals surface area contributed by atoms with Gasteiger partial charge in [-0.2, -0.15) is 0 Å². The molecule has 4 nitrogen and oxygen atoms in total. The molecule has 0 atom stereocenters. The van der Waals surface area contributed by atoms with Crippen molar-refractivity contribution < 1.29 is 14.0 Å². The topological polar surface area (TPSA) is 40.6 Å². The quantitative estimate of drug-likeness (QED) is 0.534. The molecule has 166 valence electrons. The van der Waals surface area contributed by atoms with Gasteiger partial charge < -0.3 is 4.90 Å². The van der Waals surface area contributed by atoms with E-state index < -0.39 is 0 Å². The summed E-state index contributed by atoms with van der Waals surface area (Å²) in [5, 5.41) is 0. The molecule has 5 rings (SSSR count). The Bertz CT molecular complexity index is 1290. The molecule has 0 saturated heterocycles. The Kier molecular flexibility index (Phi) is 5.33. The maximum absolute atomic E-state index is 13.7. The van der Waals surface area contributed by atoms with Gasteiger partial charge in [-0.15, -0.1) is 0 Å². The summed E-state index contributed by atoms with van der Waals surface area (Å²) in [5.74, 6) is -0.849. The molecule has 2 aliphatic heterocycles. The number of hydrogen-bond acceptors (Lipinski definition) is 3. The number of amides is 2. The Morgan fingerprint density at radius 2 is 1.64 bits per heavy atom. The Morgan fingerprint density at radius 3 is 2.39 bits per heavy atom. The number of hydrogen-bond donors (Lipinski definition) is 0. The zero-order valence-corrected chi connectivity index (χ0v) is 18.8. The second kappa shape index (κ2) is 8.32. The van der Waals surface area contributed by atoms with Gasteiger partial charge >= 0.3 is 0 Å². The summed E-state index contributed by atoms with van der Waals surface area (Å²) in [6.07, 6.45) is 1.30. The van der Waals surface area contributed by atoms with E-state index in [0.717, 1.165) is 34.4 Å². The predicted octanol–water partition coefficient (Wildman–Crippen LogP) is 4.83. The van der Waals surface area contributed by atoms with Gasteiger partial charge in [0.05, 0.1) is 5.57 Å². The van der Waals surface area contributed by atoms with Crippen LogP contribution in [-0.4, -0.2) is 29.8 Å². The number of halogens is 1. The van der Waals surface area contributed by atoms with E-state index in [1.807, 2.05) is 55.1 Å². The van der Waals surface area contributed by atoms with Gasteiger partial charge in [0.25, 0.3) is 11.8 Å². The van der Waals surface area contributed by atoms with E-state index >= 15 is 0 Å². The molecule has 0 bridgehead atoms. The highest BCUT2D eigenvalue weighted by Crippen LogP contribution is 2.38. The van der Waals surface area contributed by atoms with Crippen LogP contribution >= 0.6 is 0 Å². The maximum Gasteiger partial charge on any atom is 0.278 e. The lowest BCUT2D eigenvalue weighted by Gasteiger charge is -2.22. The van der Waals surface area contributed by atoms with Crippen LogP contribution in [0.4, 0.5) is 10.1 Å². The van der Waals surface area contributed by atoms with Crippen LogP contribution in [0.15, 0.2) is 72.4 Å². The highest BCUT2D eigenvalue weighted by Gasteiger charge is 2.43. The van der Waals surface area contributed by atoms with Crippen LogP contribution in [0.25, 0.3) is 5.57 Å². The van der Waals surface area contributed by atoms with Crippen LogP contribution in [0.5, 0.6) is 0 Å². The van der Waals surface area contributed by atoms with E-state index in [0.29, 0.717) is 24.2 Å². The first-order chi connectivity index (χ1) is 15.9. The van der Waals surface area contributed by atoms with Crippen molar-refractivity contribution in [2.75, 3.05) is 18.0 Å². The fraction of sp³-hybridized carbons (Fsp3) is 0.214. The van der Waals surface area contributed by atoms with Gasteiger partial charge in [0.15, 0.2) is 0 Å². The van der Waals surface area contributed by atoms with Crippen molar-refractivity contribution in [1.82, 2.24) is 4.90 Å². The fourth-order valence-corrected chi connectivity index (χ4v) is 4.64. The highest BCUT2D eigenvalue weighted by atomic mass is 19.1. The fourth-order valence-electron chi connectivity index (χ4n) is 4.64. The number of fused-ring (bicyclic) bond motifs is 1. The molecule has 2 aliphatic rings. The lowest BCUT2D eigenvalue weighted by atomic mass is 9.99. The van der Waals surface area contributed by atoms with Gasteiger partial charge in [-0.1, -0.05) is 48.5 Å². The Labute approximate surface area is 193 Å². The number of rotatable bonds is 5. The third-order valence-corrected chi connectivity index (χ3v) is 6.63. The smallest absolute Gasteiger partial charge is 0.278 e. The molecule has 0 fully saturated rings. The standard InChI is InChI=1S/C28H25FN2O2/c1-18-7-10-22(17-19(18)2)25-26(30-16-14-21-5-3-4-6-24(21)30)28(33)31(27(25)32)15-13-20-8-11-23(29)12-9-20/h3-12,17H,13-16H2,1-2H3. The van der Waals surface area contributed by atoms with Crippen molar-refractivity contribution in [3.63, 3.8) is 0 Å². The Morgan fingerprint density at radius 1 is 0.879 bits per heavy atom. The number of benzene rings is 3. The summed E-state index contributed by atoms with van der Waals surface area (Å²) < 4.78 is 13.3. The van der Waals surface area contributed by atoms with E-state index in [-0.39, 0.29) is 24.2 Å². The summed E-state index contributed by atoms with van der Waals surface area (Å²) in [5.41, 5.74) is 6.92. The third-order valence-electron chi connectivity index (χ3n) is 6.63. The largest absolute Gasteiger partial charge is 0.336 e. The van der Waals surface area contributed by atoms with Crippen LogP contribution in [0, 0.1) is 19.7 Å². The molecule has 2 heterocycles. The monoisotopic (exact) mass is 440 g/mol. The van der Waals surface area contributed by atoms with Gasteiger partial charge in [0.1, 0.15) is 11.5 Å². The van der Waals surface area contributed by atoms with Crippen molar-refractivity contribution >= 4 is 23.1 Å². The van der Waals surface area contributed by atoms with E-state index in [1.165, 1.54) is 22.6 Å². The van der Waals surface area contributed by atoms with Crippen molar-refractivity contribution in [1.29, 1.82) is 0 Å².